The predicted molar refractivity (Wildman–Crippen MR) is 93.8 cm³/mol. The fraction of sp³-hybridized carbons (Fsp3) is 0.211. The third kappa shape index (κ3) is 3.46. The van der Waals surface area contributed by atoms with Crippen LogP contribution >= 0.6 is 0 Å². The van der Waals surface area contributed by atoms with Crippen LogP contribution in [0.3, 0.4) is 0 Å². The maximum absolute atomic E-state index is 13.7. The first-order chi connectivity index (χ1) is 12.3. The van der Waals surface area contributed by atoms with Crippen molar-refractivity contribution in [1.29, 1.82) is 0 Å². The fourth-order valence-electron chi connectivity index (χ4n) is 2.72. The molecule has 0 saturated carbocycles. The molecule has 7 heteroatoms. The van der Waals surface area contributed by atoms with E-state index in [0.717, 1.165) is 0 Å². The van der Waals surface area contributed by atoms with Gasteiger partial charge in [0.2, 0.25) is 5.91 Å². The summed E-state index contributed by atoms with van der Waals surface area (Å²) in [4.78, 5) is 30.6. The Kier molecular flexibility index (Phi) is 4.54. The Bertz CT molecular complexity index is 892. The van der Waals surface area contributed by atoms with E-state index in [1.165, 1.54) is 47.4 Å². The molecule has 26 heavy (non-hydrogen) atoms. The summed E-state index contributed by atoms with van der Waals surface area (Å²) < 4.78 is 26.8. The average molecular weight is 357 g/mol. The van der Waals surface area contributed by atoms with Gasteiger partial charge >= 0.3 is 0 Å². The summed E-state index contributed by atoms with van der Waals surface area (Å²) in [6.07, 6.45) is 0. The molecule has 1 aliphatic heterocycles. The lowest BCUT2D eigenvalue weighted by Gasteiger charge is -2.28. The van der Waals surface area contributed by atoms with Crippen molar-refractivity contribution in [3.63, 3.8) is 0 Å². The van der Waals surface area contributed by atoms with Crippen LogP contribution in [0.2, 0.25) is 0 Å². The summed E-state index contributed by atoms with van der Waals surface area (Å²) in [6.45, 7) is 3.10. The topological polar surface area (TPSA) is 61.8 Å². The maximum Gasteiger partial charge on any atom is 0.275 e. The van der Waals surface area contributed by atoms with Gasteiger partial charge in [-0.25, -0.2) is 8.78 Å². The van der Waals surface area contributed by atoms with Crippen LogP contribution in [0.15, 0.2) is 53.5 Å². The minimum Gasteiger partial charge on any atom is -0.322 e. The molecule has 0 aromatic heterocycles. The van der Waals surface area contributed by atoms with Crippen molar-refractivity contribution in [3.05, 3.63) is 65.7 Å². The molecule has 0 atom stereocenters. The molecule has 134 valence electrons. The van der Waals surface area contributed by atoms with E-state index in [-0.39, 0.29) is 17.9 Å². The fourth-order valence-corrected chi connectivity index (χ4v) is 2.72. The first kappa shape index (κ1) is 17.7. The average Bonchev–Trinajstić information content (AvgIpc) is 2.81. The maximum atomic E-state index is 13.7. The van der Waals surface area contributed by atoms with Crippen molar-refractivity contribution < 1.29 is 18.4 Å². The molecule has 0 aliphatic carbocycles. The predicted octanol–water partition coefficient (Wildman–Crippen LogP) is 2.97. The summed E-state index contributed by atoms with van der Waals surface area (Å²) in [6, 6.07) is 11.2. The quantitative estimate of drug-likeness (QED) is 0.914. The Hall–Kier alpha value is -3.09. The minimum absolute atomic E-state index is 0.0432. The molecule has 0 bridgehead atoms. The Labute approximate surface area is 149 Å². The first-order valence-corrected chi connectivity index (χ1v) is 8.00. The zero-order valence-corrected chi connectivity index (χ0v) is 14.3. The van der Waals surface area contributed by atoms with Crippen molar-refractivity contribution in [1.82, 2.24) is 4.90 Å². The number of carbonyl (C=O) groups excluding carboxylic acids is 2. The normalized spacial score (nSPS) is 15.8. The molecule has 0 spiro atoms. The van der Waals surface area contributed by atoms with E-state index in [9.17, 15) is 18.4 Å². The van der Waals surface area contributed by atoms with E-state index in [1.807, 2.05) is 0 Å². The van der Waals surface area contributed by atoms with Gasteiger partial charge in [0.15, 0.2) is 0 Å². The zero-order valence-electron chi connectivity index (χ0n) is 14.3. The molecule has 1 N–H and O–H groups in total. The number of carbonyl (C=O) groups is 2. The summed E-state index contributed by atoms with van der Waals surface area (Å²) in [7, 11) is 0. The van der Waals surface area contributed by atoms with Gasteiger partial charge in [0.05, 0.1) is 5.69 Å². The van der Waals surface area contributed by atoms with Gasteiger partial charge in [-0.15, -0.1) is 0 Å². The number of hydrogen-bond donors (Lipinski definition) is 1. The van der Waals surface area contributed by atoms with Gasteiger partial charge in [0, 0.05) is 5.56 Å². The largest absolute Gasteiger partial charge is 0.322 e. The van der Waals surface area contributed by atoms with Crippen LogP contribution in [-0.4, -0.2) is 34.6 Å². The molecular formula is C19H17F2N3O2. The van der Waals surface area contributed by atoms with E-state index in [4.69, 9.17) is 0 Å². The Morgan fingerprint density at radius 3 is 2.42 bits per heavy atom. The van der Waals surface area contributed by atoms with E-state index in [1.54, 1.807) is 19.9 Å². The number of aliphatic imine (C=N–C) groups is 1. The first-order valence-electron chi connectivity index (χ1n) is 8.00. The third-order valence-electron chi connectivity index (χ3n) is 4.06. The molecule has 2 amide bonds. The van der Waals surface area contributed by atoms with Crippen molar-refractivity contribution >= 4 is 23.2 Å². The number of hydrogen-bond acceptors (Lipinski definition) is 3. The highest BCUT2D eigenvalue weighted by Gasteiger charge is 2.41. The smallest absolute Gasteiger partial charge is 0.275 e. The van der Waals surface area contributed by atoms with Crippen molar-refractivity contribution in [3.8, 4) is 0 Å². The van der Waals surface area contributed by atoms with Crippen LogP contribution in [0.1, 0.15) is 19.4 Å². The van der Waals surface area contributed by atoms with Gasteiger partial charge in [0.1, 0.15) is 29.6 Å². The molecule has 0 unspecified atom stereocenters. The second-order valence-corrected chi connectivity index (χ2v) is 6.38. The molecule has 2 aromatic rings. The van der Waals surface area contributed by atoms with Crippen LogP contribution in [0.4, 0.5) is 14.5 Å². The van der Waals surface area contributed by atoms with Crippen molar-refractivity contribution in [2.75, 3.05) is 11.9 Å². The number of nitrogens with one attached hydrogen (secondary N) is 1. The molecule has 1 aliphatic rings. The van der Waals surface area contributed by atoms with E-state index in [0.29, 0.717) is 5.56 Å². The summed E-state index contributed by atoms with van der Waals surface area (Å²) in [5.41, 5.74) is -0.273. The molecule has 0 radical (unpaired) electrons. The Balaban J connectivity index is 1.77. The molecule has 5 nitrogen and oxygen atoms in total. The second kappa shape index (κ2) is 6.67. The van der Waals surface area contributed by atoms with E-state index in [2.05, 4.69) is 10.3 Å². The highest BCUT2D eigenvalue weighted by atomic mass is 19.1. The lowest BCUT2D eigenvalue weighted by molar-refractivity contribution is -0.131. The third-order valence-corrected chi connectivity index (χ3v) is 4.06. The second-order valence-electron chi connectivity index (χ2n) is 6.38. The summed E-state index contributed by atoms with van der Waals surface area (Å²) in [5.74, 6) is -1.95. The number of para-hydroxylation sites is 1. The van der Waals surface area contributed by atoms with Crippen molar-refractivity contribution in [2.24, 2.45) is 4.99 Å². The molecule has 0 fully saturated rings. The summed E-state index contributed by atoms with van der Waals surface area (Å²) >= 11 is 0. The van der Waals surface area contributed by atoms with Crippen molar-refractivity contribution in [2.45, 2.75) is 19.5 Å². The van der Waals surface area contributed by atoms with Gasteiger partial charge in [-0.05, 0) is 50.2 Å². The van der Waals surface area contributed by atoms with E-state index < -0.39 is 29.1 Å². The monoisotopic (exact) mass is 357 g/mol. The standard InChI is InChI=1S/C19H17F2N3O2/c1-19(2)23-17(12-7-9-13(20)10-8-12)18(26)24(19)11-16(25)22-15-6-4-3-5-14(15)21/h3-10H,11H2,1-2H3,(H,22,25). The number of anilines is 1. The van der Waals surface area contributed by atoms with E-state index >= 15 is 0 Å². The number of halogens is 2. The van der Waals surface area contributed by atoms with Gasteiger partial charge in [-0.3, -0.25) is 14.6 Å². The molecule has 0 saturated heterocycles. The number of benzene rings is 2. The van der Waals surface area contributed by atoms with Gasteiger partial charge < -0.3 is 10.2 Å². The highest BCUT2D eigenvalue weighted by molar-refractivity contribution is 6.47. The van der Waals surface area contributed by atoms with Gasteiger partial charge in [-0.1, -0.05) is 12.1 Å². The van der Waals surface area contributed by atoms with Gasteiger partial charge in [-0.2, -0.15) is 0 Å². The molecular weight excluding hydrogens is 340 g/mol. The number of rotatable bonds is 4. The zero-order chi connectivity index (χ0) is 18.9. The SMILES string of the molecule is CC1(C)N=C(c2ccc(F)cc2)C(=O)N1CC(=O)Nc1ccccc1F. The molecule has 1 heterocycles. The van der Waals surface area contributed by atoms with Crippen LogP contribution < -0.4 is 5.32 Å². The number of nitrogens with zero attached hydrogens (tertiary/aromatic N) is 2. The minimum atomic E-state index is -0.951. The van der Waals surface area contributed by atoms with Crippen LogP contribution in [-0.2, 0) is 9.59 Å². The van der Waals surface area contributed by atoms with Gasteiger partial charge in [0.25, 0.3) is 5.91 Å². The molecule has 2 aromatic carbocycles. The lowest BCUT2D eigenvalue weighted by Crippen LogP contribution is -2.46. The lowest BCUT2D eigenvalue weighted by atomic mass is 10.1. The van der Waals surface area contributed by atoms with Crippen LogP contribution in [0.5, 0.6) is 0 Å². The highest BCUT2D eigenvalue weighted by Crippen LogP contribution is 2.26. The Morgan fingerprint density at radius 2 is 1.77 bits per heavy atom. The van der Waals surface area contributed by atoms with Crippen LogP contribution in [0.25, 0.3) is 0 Å². The summed E-state index contributed by atoms with van der Waals surface area (Å²) in [5, 5.41) is 2.45. The van der Waals surface area contributed by atoms with Crippen LogP contribution in [0, 0.1) is 11.6 Å². The number of amides is 2. The molecule has 3 rings (SSSR count). The Morgan fingerprint density at radius 1 is 1.12 bits per heavy atom.